The lowest BCUT2D eigenvalue weighted by atomic mass is 9.85. The van der Waals surface area contributed by atoms with Gasteiger partial charge < -0.3 is 10.6 Å². The van der Waals surface area contributed by atoms with Gasteiger partial charge in [0.15, 0.2) is 5.82 Å². The predicted octanol–water partition coefficient (Wildman–Crippen LogP) is 3.34. The van der Waals surface area contributed by atoms with Crippen molar-refractivity contribution in [2.45, 2.75) is 76.2 Å². The highest BCUT2D eigenvalue weighted by atomic mass is 16.2. The molecule has 0 spiro atoms. The summed E-state index contributed by atoms with van der Waals surface area (Å²) in [6, 6.07) is 2.29. The van der Waals surface area contributed by atoms with Gasteiger partial charge in [-0.05, 0) is 69.6 Å². The second-order valence-corrected chi connectivity index (χ2v) is 9.31. The molecule has 6 heteroatoms. The van der Waals surface area contributed by atoms with Crippen LogP contribution in [-0.2, 0) is 9.59 Å². The normalized spacial score (nSPS) is 35.2. The average Bonchev–Trinajstić information content (AvgIpc) is 3.08. The van der Waals surface area contributed by atoms with Crippen LogP contribution >= 0.6 is 0 Å². The van der Waals surface area contributed by atoms with Crippen LogP contribution in [0.1, 0.15) is 75.8 Å². The fraction of sp³-hybridized carbons (Fsp3) is 0.762. The summed E-state index contributed by atoms with van der Waals surface area (Å²) in [5, 5.41) is 13.7. The summed E-state index contributed by atoms with van der Waals surface area (Å²) in [7, 11) is 0. The number of rotatable bonds is 5. The number of carbonyl (C=O) groups excluding carboxylic acids is 2. The standard InChI is InChI=1S/C21H30N4O2/c26-20(13-3-4-13)22-16-7-5-14(6-8-16)21(27)23-19-11-18(24-25-19)17-10-12-1-2-15(17)9-12/h11-17H,1-10H2,(H,22,26)(H2,23,24,25,27). The molecule has 1 aromatic rings. The molecule has 3 N–H and O–H groups in total. The maximum Gasteiger partial charge on any atom is 0.228 e. The summed E-state index contributed by atoms with van der Waals surface area (Å²) in [5.41, 5.74) is 1.20. The summed E-state index contributed by atoms with van der Waals surface area (Å²) in [6.07, 6.45) is 10.9. The molecule has 0 radical (unpaired) electrons. The molecule has 2 amide bonds. The van der Waals surface area contributed by atoms with Gasteiger partial charge in [0.25, 0.3) is 0 Å². The number of aromatic nitrogens is 2. The molecule has 146 valence electrons. The molecule has 2 bridgehead atoms. The van der Waals surface area contributed by atoms with E-state index >= 15 is 0 Å². The molecule has 0 saturated heterocycles. The molecule has 4 fully saturated rings. The summed E-state index contributed by atoms with van der Waals surface area (Å²) in [6.45, 7) is 0. The number of aromatic amines is 1. The third kappa shape index (κ3) is 3.63. The lowest BCUT2D eigenvalue weighted by Crippen LogP contribution is -2.40. The Morgan fingerprint density at radius 3 is 2.33 bits per heavy atom. The Morgan fingerprint density at radius 2 is 1.67 bits per heavy atom. The number of hydrogen-bond acceptors (Lipinski definition) is 3. The van der Waals surface area contributed by atoms with Gasteiger partial charge in [0.2, 0.25) is 11.8 Å². The lowest BCUT2D eigenvalue weighted by molar-refractivity contribution is -0.123. The number of fused-ring (bicyclic) bond motifs is 2. The monoisotopic (exact) mass is 370 g/mol. The first-order chi connectivity index (χ1) is 13.2. The van der Waals surface area contributed by atoms with Gasteiger partial charge in [-0.2, -0.15) is 5.10 Å². The van der Waals surface area contributed by atoms with Gasteiger partial charge >= 0.3 is 0 Å². The van der Waals surface area contributed by atoms with Crippen LogP contribution in [0.2, 0.25) is 0 Å². The molecular weight excluding hydrogens is 340 g/mol. The second-order valence-electron chi connectivity index (χ2n) is 9.31. The number of H-pyrrole nitrogens is 1. The molecule has 1 heterocycles. The van der Waals surface area contributed by atoms with E-state index in [1.165, 1.54) is 31.4 Å². The molecule has 4 saturated carbocycles. The Hall–Kier alpha value is -1.85. The number of anilines is 1. The largest absolute Gasteiger partial charge is 0.353 e. The first kappa shape index (κ1) is 17.3. The highest BCUT2D eigenvalue weighted by Crippen LogP contribution is 2.52. The van der Waals surface area contributed by atoms with Crippen LogP contribution in [0.3, 0.4) is 0 Å². The van der Waals surface area contributed by atoms with E-state index in [0.29, 0.717) is 11.7 Å². The van der Waals surface area contributed by atoms with E-state index in [1.54, 1.807) is 0 Å². The Bertz CT molecular complexity index is 718. The molecular formula is C21H30N4O2. The topological polar surface area (TPSA) is 86.9 Å². The molecule has 6 nitrogen and oxygen atoms in total. The zero-order valence-corrected chi connectivity index (χ0v) is 15.9. The van der Waals surface area contributed by atoms with E-state index in [4.69, 9.17) is 0 Å². The average molecular weight is 370 g/mol. The van der Waals surface area contributed by atoms with E-state index < -0.39 is 0 Å². The molecule has 1 aromatic heterocycles. The number of amides is 2. The number of carbonyl (C=O) groups is 2. The van der Waals surface area contributed by atoms with Crippen molar-refractivity contribution in [1.29, 1.82) is 0 Å². The summed E-state index contributed by atoms with van der Waals surface area (Å²) < 4.78 is 0. The van der Waals surface area contributed by atoms with Crippen molar-refractivity contribution in [3.05, 3.63) is 11.8 Å². The lowest BCUT2D eigenvalue weighted by Gasteiger charge is -2.28. The molecule has 0 aromatic carbocycles. The van der Waals surface area contributed by atoms with E-state index in [9.17, 15) is 9.59 Å². The molecule has 0 aliphatic heterocycles. The van der Waals surface area contributed by atoms with E-state index in [-0.39, 0.29) is 29.7 Å². The van der Waals surface area contributed by atoms with Crippen molar-refractivity contribution in [3.63, 3.8) is 0 Å². The molecule has 27 heavy (non-hydrogen) atoms. The Morgan fingerprint density at radius 1 is 0.926 bits per heavy atom. The SMILES string of the molecule is O=C(Nc1cc(C2CC3CCC2C3)[nH]n1)C1CCC(NC(=O)C2CC2)CC1. The molecule has 5 rings (SSSR count). The van der Waals surface area contributed by atoms with Gasteiger partial charge in [0, 0.05) is 35.6 Å². The second kappa shape index (κ2) is 6.95. The molecule has 4 aliphatic rings. The van der Waals surface area contributed by atoms with Crippen molar-refractivity contribution in [3.8, 4) is 0 Å². The summed E-state index contributed by atoms with van der Waals surface area (Å²) in [4.78, 5) is 24.5. The Kier molecular flexibility index (Phi) is 4.44. The van der Waals surface area contributed by atoms with Gasteiger partial charge in [-0.1, -0.05) is 6.42 Å². The smallest absolute Gasteiger partial charge is 0.228 e. The fourth-order valence-electron chi connectivity index (χ4n) is 5.61. The van der Waals surface area contributed by atoms with Crippen molar-refractivity contribution in [2.75, 3.05) is 5.32 Å². The zero-order chi connectivity index (χ0) is 18.4. The van der Waals surface area contributed by atoms with Crippen molar-refractivity contribution >= 4 is 17.6 Å². The van der Waals surface area contributed by atoms with Gasteiger partial charge in [-0.3, -0.25) is 14.7 Å². The van der Waals surface area contributed by atoms with E-state index in [2.05, 4.69) is 20.8 Å². The molecule has 3 atom stereocenters. The first-order valence-corrected chi connectivity index (χ1v) is 10.8. The predicted molar refractivity (Wildman–Crippen MR) is 102 cm³/mol. The zero-order valence-electron chi connectivity index (χ0n) is 15.9. The fourth-order valence-corrected chi connectivity index (χ4v) is 5.61. The van der Waals surface area contributed by atoms with E-state index in [0.717, 1.165) is 50.4 Å². The quantitative estimate of drug-likeness (QED) is 0.743. The number of hydrogen-bond donors (Lipinski definition) is 3. The third-order valence-corrected chi connectivity index (χ3v) is 7.38. The van der Waals surface area contributed by atoms with Crippen LogP contribution < -0.4 is 10.6 Å². The molecule has 3 unspecified atom stereocenters. The van der Waals surface area contributed by atoms with Crippen LogP contribution in [0, 0.1) is 23.7 Å². The maximum atomic E-state index is 12.6. The van der Waals surface area contributed by atoms with Crippen molar-refractivity contribution < 1.29 is 9.59 Å². The van der Waals surface area contributed by atoms with Crippen LogP contribution in [0.4, 0.5) is 5.82 Å². The minimum atomic E-state index is 0.0294. The van der Waals surface area contributed by atoms with Gasteiger partial charge in [0.05, 0.1) is 0 Å². The van der Waals surface area contributed by atoms with Crippen molar-refractivity contribution in [2.24, 2.45) is 23.7 Å². The number of nitrogens with one attached hydrogen (secondary N) is 3. The summed E-state index contributed by atoms with van der Waals surface area (Å²) >= 11 is 0. The van der Waals surface area contributed by atoms with Crippen molar-refractivity contribution in [1.82, 2.24) is 15.5 Å². The maximum absolute atomic E-state index is 12.6. The van der Waals surface area contributed by atoms with Crippen LogP contribution in [0.15, 0.2) is 6.07 Å². The Labute approximate surface area is 160 Å². The van der Waals surface area contributed by atoms with Crippen LogP contribution in [0.25, 0.3) is 0 Å². The third-order valence-electron chi connectivity index (χ3n) is 7.38. The first-order valence-electron chi connectivity index (χ1n) is 10.8. The van der Waals surface area contributed by atoms with Gasteiger partial charge in [0.1, 0.15) is 0 Å². The summed E-state index contributed by atoms with van der Waals surface area (Å²) in [5.74, 6) is 3.56. The number of nitrogens with zero attached hydrogens (tertiary/aromatic N) is 1. The molecule has 4 aliphatic carbocycles. The van der Waals surface area contributed by atoms with Crippen LogP contribution in [0.5, 0.6) is 0 Å². The highest BCUT2D eigenvalue weighted by Gasteiger charge is 2.41. The Balaban J connectivity index is 1.11. The minimum Gasteiger partial charge on any atom is -0.353 e. The van der Waals surface area contributed by atoms with Crippen LogP contribution in [-0.4, -0.2) is 28.1 Å². The van der Waals surface area contributed by atoms with Gasteiger partial charge in [-0.25, -0.2) is 0 Å². The minimum absolute atomic E-state index is 0.0294. The van der Waals surface area contributed by atoms with Gasteiger partial charge in [-0.15, -0.1) is 0 Å². The highest BCUT2D eigenvalue weighted by molar-refractivity contribution is 5.91. The van der Waals surface area contributed by atoms with E-state index in [1.807, 2.05) is 6.07 Å².